The first-order valence-electron chi connectivity index (χ1n) is 8.35. The number of nitrogens with zero attached hydrogens (tertiary/aromatic N) is 1. The number of carboxylic acids is 1. The van der Waals surface area contributed by atoms with E-state index in [4.69, 9.17) is 15.6 Å². The highest BCUT2D eigenvalue weighted by molar-refractivity contribution is 6.19. The first-order chi connectivity index (χ1) is 12.5. The van der Waals surface area contributed by atoms with Crippen molar-refractivity contribution in [1.82, 2.24) is 4.57 Å². The van der Waals surface area contributed by atoms with E-state index in [-0.39, 0.29) is 11.3 Å². The summed E-state index contributed by atoms with van der Waals surface area (Å²) in [5, 5.41) is 9.78. The lowest BCUT2D eigenvalue weighted by Gasteiger charge is -2.09. The third-order valence-electron chi connectivity index (χ3n) is 4.70. The highest BCUT2D eigenvalue weighted by Crippen LogP contribution is 2.41. The van der Waals surface area contributed by atoms with E-state index in [0.29, 0.717) is 22.2 Å². The van der Waals surface area contributed by atoms with Gasteiger partial charge in [-0.3, -0.25) is 4.79 Å². The van der Waals surface area contributed by atoms with Crippen LogP contribution in [0.25, 0.3) is 21.8 Å². The Bertz CT molecular complexity index is 1050. The molecule has 7 heteroatoms. The number of aliphatic carboxylic acids is 1. The standard InChI is InChI=1S/C19H17FN2O4/c20-12-6-7-14-17(18(12)26-9-15(23)24)16-11(19(21)25)2-1-3-13(16)22(14)8-10-4-5-10/h1-3,6-7,10H,4-5,8-9H2,(H2,21,25)(H,23,24). The van der Waals surface area contributed by atoms with E-state index in [1.54, 1.807) is 18.2 Å². The molecule has 0 spiro atoms. The van der Waals surface area contributed by atoms with Gasteiger partial charge in [-0.15, -0.1) is 0 Å². The normalized spacial score (nSPS) is 14.0. The van der Waals surface area contributed by atoms with Crippen molar-refractivity contribution in [3.05, 3.63) is 41.7 Å². The first kappa shape index (κ1) is 16.4. The minimum atomic E-state index is -1.21. The Balaban J connectivity index is 2.07. The average Bonchev–Trinajstić information content (AvgIpc) is 3.36. The Morgan fingerprint density at radius 2 is 1.92 bits per heavy atom. The van der Waals surface area contributed by atoms with E-state index in [1.807, 2.05) is 10.6 Å². The number of carbonyl (C=O) groups excluding carboxylic acids is 1. The maximum Gasteiger partial charge on any atom is 0.341 e. The Labute approximate surface area is 147 Å². The van der Waals surface area contributed by atoms with Gasteiger partial charge in [0.1, 0.15) is 0 Å². The van der Waals surface area contributed by atoms with Gasteiger partial charge in [0, 0.05) is 17.5 Å². The van der Waals surface area contributed by atoms with Crippen LogP contribution in [0.4, 0.5) is 4.39 Å². The third-order valence-corrected chi connectivity index (χ3v) is 4.70. The molecular formula is C19H17FN2O4. The molecule has 0 unspecified atom stereocenters. The summed E-state index contributed by atoms with van der Waals surface area (Å²) in [5.41, 5.74) is 7.24. The van der Waals surface area contributed by atoms with Gasteiger partial charge >= 0.3 is 5.97 Å². The average molecular weight is 356 g/mol. The largest absolute Gasteiger partial charge is 0.479 e. The second-order valence-electron chi connectivity index (χ2n) is 6.57. The number of amides is 1. The summed E-state index contributed by atoms with van der Waals surface area (Å²) in [7, 11) is 0. The molecule has 1 aliphatic rings. The van der Waals surface area contributed by atoms with E-state index in [9.17, 15) is 14.0 Å². The van der Waals surface area contributed by atoms with Crippen LogP contribution in [-0.2, 0) is 11.3 Å². The van der Waals surface area contributed by atoms with E-state index >= 15 is 0 Å². The van der Waals surface area contributed by atoms with Crippen LogP contribution in [0.15, 0.2) is 30.3 Å². The molecule has 0 saturated heterocycles. The molecule has 1 aliphatic carbocycles. The van der Waals surface area contributed by atoms with Gasteiger partial charge in [0.2, 0.25) is 5.91 Å². The molecule has 2 aromatic carbocycles. The summed E-state index contributed by atoms with van der Waals surface area (Å²) < 4.78 is 21.7. The van der Waals surface area contributed by atoms with Gasteiger partial charge in [-0.25, -0.2) is 9.18 Å². The Hall–Kier alpha value is -3.09. The Morgan fingerprint density at radius 1 is 1.19 bits per heavy atom. The Morgan fingerprint density at radius 3 is 2.58 bits per heavy atom. The van der Waals surface area contributed by atoms with Crippen molar-refractivity contribution in [2.75, 3.05) is 6.61 Å². The van der Waals surface area contributed by atoms with E-state index in [0.717, 1.165) is 24.9 Å². The fourth-order valence-electron chi connectivity index (χ4n) is 3.41. The fraction of sp³-hybridized carbons (Fsp3) is 0.263. The molecule has 1 saturated carbocycles. The minimum absolute atomic E-state index is 0.168. The predicted octanol–water partition coefficient (Wildman–Crippen LogP) is 2.91. The zero-order valence-electron chi connectivity index (χ0n) is 13.9. The molecule has 6 nitrogen and oxygen atoms in total. The number of fused-ring (bicyclic) bond motifs is 3. The Kier molecular flexibility index (Phi) is 3.79. The van der Waals surface area contributed by atoms with Crippen molar-refractivity contribution < 1.29 is 23.8 Å². The van der Waals surface area contributed by atoms with Gasteiger partial charge in [0.15, 0.2) is 18.2 Å². The van der Waals surface area contributed by atoms with Crippen molar-refractivity contribution in [3.63, 3.8) is 0 Å². The number of rotatable bonds is 6. The number of hydrogen-bond acceptors (Lipinski definition) is 3. The van der Waals surface area contributed by atoms with Crippen molar-refractivity contribution in [2.45, 2.75) is 19.4 Å². The van der Waals surface area contributed by atoms with Gasteiger partial charge in [-0.2, -0.15) is 0 Å². The maximum absolute atomic E-state index is 14.5. The third kappa shape index (κ3) is 2.65. The van der Waals surface area contributed by atoms with Crippen LogP contribution in [0.2, 0.25) is 0 Å². The molecule has 3 aromatic rings. The first-order valence-corrected chi connectivity index (χ1v) is 8.35. The lowest BCUT2D eigenvalue weighted by Crippen LogP contribution is -2.12. The molecular weight excluding hydrogens is 339 g/mol. The van der Waals surface area contributed by atoms with Crippen molar-refractivity contribution in [2.24, 2.45) is 11.7 Å². The summed E-state index contributed by atoms with van der Waals surface area (Å²) in [4.78, 5) is 22.8. The number of ether oxygens (including phenoxy) is 1. The molecule has 1 amide bonds. The number of hydrogen-bond donors (Lipinski definition) is 2. The van der Waals surface area contributed by atoms with Crippen molar-refractivity contribution >= 4 is 33.7 Å². The van der Waals surface area contributed by atoms with Crippen molar-refractivity contribution in [1.29, 1.82) is 0 Å². The number of primary amides is 1. The zero-order chi connectivity index (χ0) is 18.4. The monoisotopic (exact) mass is 356 g/mol. The number of benzene rings is 2. The summed E-state index contributed by atoms with van der Waals surface area (Å²) in [6.45, 7) is 0.0658. The van der Waals surface area contributed by atoms with Gasteiger partial charge in [0.25, 0.3) is 0 Å². The molecule has 3 N–H and O–H groups in total. The number of nitrogens with two attached hydrogens (primary N) is 1. The van der Waals surface area contributed by atoms with E-state index in [1.165, 1.54) is 6.07 Å². The minimum Gasteiger partial charge on any atom is -0.479 e. The van der Waals surface area contributed by atoms with Gasteiger partial charge in [0.05, 0.1) is 16.4 Å². The second-order valence-corrected chi connectivity index (χ2v) is 6.57. The molecule has 134 valence electrons. The van der Waals surface area contributed by atoms with Crippen LogP contribution in [0.5, 0.6) is 5.75 Å². The summed E-state index contributed by atoms with van der Waals surface area (Å²) in [5.74, 6) is -2.14. The van der Waals surface area contributed by atoms with Crippen LogP contribution in [0.1, 0.15) is 23.2 Å². The highest BCUT2D eigenvalue weighted by atomic mass is 19.1. The molecule has 0 atom stereocenters. The topological polar surface area (TPSA) is 94.6 Å². The molecule has 0 bridgehead atoms. The molecule has 1 fully saturated rings. The van der Waals surface area contributed by atoms with Gasteiger partial charge in [-0.1, -0.05) is 6.07 Å². The lowest BCUT2D eigenvalue weighted by atomic mass is 10.1. The van der Waals surface area contributed by atoms with E-state index < -0.39 is 24.3 Å². The molecule has 0 radical (unpaired) electrons. The van der Waals surface area contributed by atoms with Crippen LogP contribution in [-0.4, -0.2) is 28.2 Å². The van der Waals surface area contributed by atoms with Crippen molar-refractivity contribution in [3.8, 4) is 5.75 Å². The number of carboxylic acid groups (broad SMARTS) is 1. The van der Waals surface area contributed by atoms with Gasteiger partial charge in [-0.05, 0) is 43.0 Å². The number of halogens is 1. The summed E-state index contributed by atoms with van der Waals surface area (Å²) >= 11 is 0. The van der Waals surface area contributed by atoms with Crippen LogP contribution in [0, 0.1) is 11.7 Å². The van der Waals surface area contributed by atoms with Crippen LogP contribution < -0.4 is 10.5 Å². The molecule has 1 heterocycles. The SMILES string of the molecule is NC(=O)c1cccc2c1c1c(OCC(=O)O)c(F)ccc1n2CC1CC1. The smallest absolute Gasteiger partial charge is 0.341 e. The zero-order valence-corrected chi connectivity index (χ0v) is 13.9. The van der Waals surface area contributed by atoms with Gasteiger partial charge < -0.3 is 20.1 Å². The fourth-order valence-corrected chi connectivity index (χ4v) is 3.41. The van der Waals surface area contributed by atoms with E-state index in [2.05, 4.69) is 0 Å². The van der Waals surface area contributed by atoms with Crippen LogP contribution >= 0.6 is 0 Å². The quantitative estimate of drug-likeness (QED) is 0.710. The highest BCUT2D eigenvalue weighted by Gasteiger charge is 2.27. The molecule has 0 aliphatic heterocycles. The molecule has 1 aromatic heterocycles. The lowest BCUT2D eigenvalue weighted by molar-refractivity contribution is -0.139. The predicted molar refractivity (Wildman–Crippen MR) is 93.8 cm³/mol. The summed E-state index contributed by atoms with van der Waals surface area (Å²) in [6.07, 6.45) is 2.25. The molecule has 4 rings (SSSR count). The van der Waals surface area contributed by atoms with Crippen LogP contribution in [0.3, 0.4) is 0 Å². The number of aromatic nitrogens is 1. The second kappa shape index (κ2) is 6.01. The summed E-state index contributed by atoms with van der Waals surface area (Å²) in [6, 6.07) is 8.05. The maximum atomic E-state index is 14.5. The molecule has 26 heavy (non-hydrogen) atoms. The number of carbonyl (C=O) groups is 2.